The monoisotopic (exact) mass is 201 g/mol. The van der Waals surface area contributed by atoms with Gasteiger partial charge < -0.3 is 9.72 Å². The molecule has 1 saturated carbocycles. The van der Waals surface area contributed by atoms with Gasteiger partial charge in [-0.1, -0.05) is 6.07 Å². The highest BCUT2D eigenvalue weighted by Crippen LogP contribution is 2.27. The van der Waals surface area contributed by atoms with Gasteiger partial charge in [0.15, 0.2) is 0 Å². The smallest absolute Gasteiger partial charge is 0.136 e. The van der Waals surface area contributed by atoms with Gasteiger partial charge >= 0.3 is 0 Å². The Balaban J connectivity index is 1.74. The lowest BCUT2D eigenvalue weighted by atomic mass is 10.3. The van der Waals surface area contributed by atoms with E-state index in [-0.39, 0.29) is 0 Å². The first-order valence-electron chi connectivity index (χ1n) is 5.55. The molecule has 3 heteroatoms. The number of aromatic nitrogens is 2. The highest BCUT2D eigenvalue weighted by molar-refractivity contribution is 5.39. The van der Waals surface area contributed by atoms with Crippen LogP contribution in [0.4, 0.5) is 0 Å². The Morgan fingerprint density at radius 3 is 3.20 bits per heavy atom. The maximum absolute atomic E-state index is 4.27. The van der Waals surface area contributed by atoms with Crippen molar-refractivity contribution >= 4 is 5.65 Å². The van der Waals surface area contributed by atoms with E-state index in [2.05, 4.69) is 26.8 Å². The third-order valence-corrected chi connectivity index (χ3v) is 2.95. The SMILES string of the molecule is c1cc(CNCC2CC2)n2ccnc2c1. The molecule has 1 aliphatic rings. The lowest BCUT2D eigenvalue weighted by Gasteiger charge is -2.06. The summed E-state index contributed by atoms with van der Waals surface area (Å²) in [6.45, 7) is 2.09. The van der Waals surface area contributed by atoms with Crippen molar-refractivity contribution in [1.82, 2.24) is 14.7 Å². The molecule has 0 unspecified atom stereocenters. The fraction of sp³-hybridized carbons (Fsp3) is 0.417. The van der Waals surface area contributed by atoms with Gasteiger partial charge in [-0.3, -0.25) is 0 Å². The van der Waals surface area contributed by atoms with E-state index in [9.17, 15) is 0 Å². The Kier molecular flexibility index (Phi) is 2.18. The van der Waals surface area contributed by atoms with E-state index in [1.165, 1.54) is 18.5 Å². The van der Waals surface area contributed by atoms with Gasteiger partial charge in [-0.25, -0.2) is 4.98 Å². The summed E-state index contributed by atoms with van der Waals surface area (Å²) in [5, 5.41) is 3.50. The average Bonchev–Trinajstić information content (AvgIpc) is 2.95. The van der Waals surface area contributed by atoms with Crippen molar-refractivity contribution in [1.29, 1.82) is 0 Å². The topological polar surface area (TPSA) is 29.3 Å². The van der Waals surface area contributed by atoms with Gasteiger partial charge in [0.2, 0.25) is 0 Å². The second-order valence-electron chi connectivity index (χ2n) is 4.25. The van der Waals surface area contributed by atoms with Gasteiger partial charge in [0.25, 0.3) is 0 Å². The molecule has 0 amide bonds. The fourth-order valence-corrected chi connectivity index (χ4v) is 1.88. The minimum atomic E-state index is 0.935. The van der Waals surface area contributed by atoms with Crippen LogP contribution >= 0.6 is 0 Å². The number of hydrogen-bond acceptors (Lipinski definition) is 2. The maximum Gasteiger partial charge on any atom is 0.136 e. The molecule has 2 heterocycles. The summed E-state index contributed by atoms with van der Waals surface area (Å²) in [4.78, 5) is 4.27. The lowest BCUT2D eigenvalue weighted by molar-refractivity contribution is 0.626. The highest BCUT2D eigenvalue weighted by Gasteiger charge is 2.20. The minimum Gasteiger partial charge on any atom is -0.311 e. The van der Waals surface area contributed by atoms with Gasteiger partial charge in [0.1, 0.15) is 5.65 Å². The first kappa shape index (κ1) is 8.92. The molecule has 2 aromatic heterocycles. The number of rotatable bonds is 4. The van der Waals surface area contributed by atoms with Crippen molar-refractivity contribution in [2.24, 2.45) is 5.92 Å². The number of imidazole rings is 1. The van der Waals surface area contributed by atoms with Gasteiger partial charge in [-0.15, -0.1) is 0 Å². The molecule has 0 radical (unpaired) electrons. The third-order valence-electron chi connectivity index (χ3n) is 2.95. The Bertz CT molecular complexity index is 457. The van der Waals surface area contributed by atoms with Crippen LogP contribution in [0.3, 0.4) is 0 Å². The molecule has 3 nitrogen and oxygen atoms in total. The van der Waals surface area contributed by atoms with Crippen molar-refractivity contribution in [2.45, 2.75) is 19.4 Å². The number of fused-ring (bicyclic) bond motifs is 1. The van der Waals surface area contributed by atoms with E-state index < -0.39 is 0 Å². The molecule has 78 valence electrons. The summed E-state index contributed by atoms with van der Waals surface area (Å²) in [7, 11) is 0. The molecule has 0 bridgehead atoms. The van der Waals surface area contributed by atoms with Crippen LogP contribution in [0.5, 0.6) is 0 Å². The normalized spacial score (nSPS) is 16.0. The zero-order valence-electron chi connectivity index (χ0n) is 8.69. The highest BCUT2D eigenvalue weighted by atomic mass is 15.0. The van der Waals surface area contributed by atoms with Gasteiger partial charge in [-0.05, 0) is 37.4 Å². The van der Waals surface area contributed by atoms with Crippen LogP contribution in [-0.4, -0.2) is 15.9 Å². The summed E-state index contributed by atoms with van der Waals surface area (Å²) in [6.07, 6.45) is 6.67. The zero-order chi connectivity index (χ0) is 10.1. The van der Waals surface area contributed by atoms with Crippen LogP contribution in [0.2, 0.25) is 0 Å². The van der Waals surface area contributed by atoms with Gasteiger partial charge in [-0.2, -0.15) is 0 Å². The van der Waals surface area contributed by atoms with E-state index in [4.69, 9.17) is 0 Å². The summed E-state index contributed by atoms with van der Waals surface area (Å²) < 4.78 is 2.14. The summed E-state index contributed by atoms with van der Waals surface area (Å²) >= 11 is 0. The molecule has 1 fully saturated rings. The van der Waals surface area contributed by atoms with Crippen molar-refractivity contribution in [2.75, 3.05) is 6.54 Å². The van der Waals surface area contributed by atoms with E-state index in [1.807, 2.05) is 18.5 Å². The lowest BCUT2D eigenvalue weighted by Crippen LogP contribution is -2.17. The number of nitrogens with zero attached hydrogens (tertiary/aromatic N) is 2. The van der Waals surface area contributed by atoms with E-state index >= 15 is 0 Å². The van der Waals surface area contributed by atoms with Crippen molar-refractivity contribution < 1.29 is 0 Å². The molecule has 0 spiro atoms. The molecular weight excluding hydrogens is 186 g/mol. The standard InChI is InChI=1S/C12H15N3/c1-2-11(9-13-8-10-4-5-10)15-7-6-14-12(15)3-1/h1-3,6-7,10,13H,4-5,8-9H2. The van der Waals surface area contributed by atoms with Crippen LogP contribution in [0.25, 0.3) is 5.65 Å². The molecule has 3 rings (SSSR count). The van der Waals surface area contributed by atoms with E-state index in [0.717, 1.165) is 24.7 Å². The average molecular weight is 201 g/mol. The van der Waals surface area contributed by atoms with Crippen LogP contribution in [0, 0.1) is 5.92 Å². The van der Waals surface area contributed by atoms with Crippen LogP contribution in [0.1, 0.15) is 18.5 Å². The quantitative estimate of drug-likeness (QED) is 0.817. The zero-order valence-corrected chi connectivity index (χ0v) is 8.69. The largest absolute Gasteiger partial charge is 0.311 e. The number of pyridine rings is 1. The molecule has 1 N–H and O–H groups in total. The minimum absolute atomic E-state index is 0.935. The van der Waals surface area contributed by atoms with E-state index in [0.29, 0.717) is 0 Å². The number of hydrogen-bond donors (Lipinski definition) is 1. The van der Waals surface area contributed by atoms with Gasteiger partial charge in [0, 0.05) is 24.6 Å². The maximum atomic E-state index is 4.27. The Morgan fingerprint density at radius 2 is 2.33 bits per heavy atom. The Labute approximate surface area is 89.1 Å². The molecule has 2 aromatic rings. The molecule has 0 atom stereocenters. The van der Waals surface area contributed by atoms with Crippen LogP contribution < -0.4 is 5.32 Å². The summed E-state index contributed by atoms with van der Waals surface area (Å²) in [5.41, 5.74) is 2.31. The van der Waals surface area contributed by atoms with Crippen molar-refractivity contribution in [3.8, 4) is 0 Å². The number of nitrogens with one attached hydrogen (secondary N) is 1. The Hall–Kier alpha value is -1.35. The second-order valence-corrected chi connectivity index (χ2v) is 4.25. The van der Waals surface area contributed by atoms with Crippen LogP contribution in [-0.2, 0) is 6.54 Å². The van der Waals surface area contributed by atoms with Crippen molar-refractivity contribution in [3.63, 3.8) is 0 Å². The summed E-state index contributed by atoms with van der Waals surface area (Å²) in [6, 6.07) is 6.25. The predicted octanol–water partition coefficient (Wildman–Crippen LogP) is 1.83. The van der Waals surface area contributed by atoms with Gasteiger partial charge in [0.05, 0.1) is 0 Å². The molecule has 15 heavy (non-hydrogen) atoms. The fourth-order valence-electron chi connectivity index (χ4n) is 1.88. The molecule has 0 aromatic carbocycles. The predicted molar refractivity (Wildman–Crippen MR) is 59.6 cm³/mol. The second kappa shape index (κ2) is 3.66. The molecule has 1 aliphatic carbocycles. The summed E-state index contributed by atoms with van der Waals surface area (Å²) in [5.74, 6) is 0.937. The first-order valence-corrected chi connectivity index (χ1v) is 5.55. The van der Waals surface area contributed by atoms with Crippen molar-refractivity contribution in [3.05, 3.63) is 36.3 Å². The Morgan fingerprint density at radius 1 is 1.40 bits per heavy atom. The molecule has 0 aliphatic heterocycles. The van der Waals surface area contributed by atoms with Crippen LogP contribution in [0.15, 0.2) is 30.6 Å². The molecule has 0 saturated heterocycles. The molecular formula is C12H15N3. The first-order chi connectivity index (χ1) is 7.43. The van der Waals surface area contributed by atoms with E-state index in [1.54, 1.807) is 0 Å². The third kappa shape index (κ3) is 1.88.